The number of halogens is 1. The van der Waals surface area contributed by atoms with Crippen molar-refractivity contribution in [2.45, 2.75) is 25.8 Å². The van der Waals surface area contributed by atoms with Crippen LogP contribution >= 0.6 is 11.6 Å². The van der Waals surface area contributed by atoms with Crippen LogP contribution in [0.3, 0.4) is 0 Å². The second kappa shape index (κ2) is 4.70. The van der Waals surface area contributed by atoms with Crippen molar-refractivity contribution in [3.63, 3.8) is 0 Å². The molecular formula is C14H14ClN3O. The molecule has 0 saturated heterocycles. The molecule has 0 fully saturated rings. The number of furan rings is 1. The lowest BCUT2D eigenvalue weighted by atomic mass is 10.4. The fourth-order valence-corrected chi connectivity index (χ4v) is 2.33. The van der Waals surface area contributed by atoms with Gasteiger partial charge in [0.1, 0.15) is 22.9 Å². The number of alkyl halides is 1. The van der Waals surface area contributed by atoms with Gasteiger partial charge in [0.25, 0.3) is 0 Å². The summed E-state index contributed by atoms with van der Waals surface area (Å²) >= 11 is 6.21. The van der Waals surface area contributed by atoms with Crippen LogP contribution in [0.25, 0.3) is 11.2 Å². The smallest absolute Gasteiger partial charge is 0.160 e. The largest absolute Gasteiger partial charge is 0.464 e. The first kappa shape index (κ1) is 12.2. The van der Waals surface area contributed by atoms with Gasteiger partial charge in [-0.05, 0) is 38.1 Å². The van der Waals surface area contributed by atoms with E-state index >= 15 is 0 Å². The first-order valence-electron chi connectivity index (χ1n) is 6.15. The van der Waals surface area contributed by atoms with Crippen LogP contribution in [0.4, 0.5) is 0 Å². The maximum Gasteiger partial charge on any atom is 0.160 e. The Morgan fingerprint density at radius 3 is 2.89 bits per heavy atom. The molecule has 1 unspecified atom stereocenters. The normalized spacial score (nSPS) is 13.0. The average molecular weight is 276 g/mol. The highest BCUT2D eigenvalue weighted by Gasteiger charge is 2.16. The SMILES string of the molecule is Cc1ccc(Cn2c(C(C)Cl)nc3cccnc32)o1. The van der Waals surface area contributed by atoms with E-state index in [0.717, 1.165) is 28.5 Å². The Morgan fingerprint density at radius 2 is 2.21 bits per heavy atom. The molecule has 3 aromatic heterocycles. The highest BCUT2D eigenvalue weighted by molar-refractivity contribution is 6.20. The van der Waals surface area contributed by atoms with Gasteiger partial charge < -0.3 is 8.98 Å². The predicted octanol–water partition coefficient (Wildman–Crippen LogP) is 3.68. The molecule has 0 bridgehead atoms. The van der Waals surface area contributed by atoms with Crippen LogP contribution in [-0.2, 0) is 6.54 Å². The summed E-state index contributed by atoms with van der Waals surface area (Å²) in [6.07, 6.45) is 1.76. The van der Waals surface area contributed by atoms with Gasteiger partial charge in [-0.15, -0.1) is 11.6 Å². The highest BCUT2D eigenvalue weighted by atomic mass is 35.5. The number of nitrogens with zero attached hydrogens (tertiary/aromatic N) is 3. The number of fused-ring (bicyclic) bond motifs is 1. The molecule has 1 atom stereocenters. The van der Waals surface area contributed by atoms with E-state index in [1.54, 1.807) is 6.20 Å². The molecule has 0 spiro atoms. The maximum absolute atomic E-state index is 6.21. The van der Waals surface area contributed by atoms with Crippen molar-refractivity contribution in [2.24, 2.45) is 0 Å². The number of aromatic nitrogens is 3. The molecule has 98 valence electrons. The Kier molecular flexibility index (Phi) is 3.03. The van der Waals surface area contributed by atoms with Crippen molar-refractivity contribution < 1.29 is 4.42 Å². The standard InChI is InChI=1S/C14H14ClN3O/c1-9-5-6-11(19-9)8-18-13(10(2)15)17-12-4-3-7-16-14(12)18/h3-7,10H,8H2,1-2H3. The van der Waals surface area contributed by atoms with Crippen molar-refractivity contribution >= 4 is 22.8 Å². The number of rotatable bonds is 3. The van der Waals surface area contributed by atoms with E-state index in [-0.39, 0.29) is 5.38 Å². The summed E-state index contributed by atoms with van der Waals surface area (Å²) in [5, 5.41) is -0.176. The lowest BCUT2D eigenvalue weighted by molar-refractivity contribution is 0.468. The van der Waals surface area contributed by atoms with Crippen molar-refractivity contribution in [3.8, 4) is 0 Å². The zero-order chi connectivity index (χ0) is 13.4. The predicted molar refractivity (Wildman–Crippen MR) is 74.3 cm³/mol. The molecule has 0 aromatic carbocycles. The lowest BCUT2D eigenvalue weighted by Crippen LogP contribution is -2.05. The Balaban J connectivity index is 2.12. The highest BCUT2D eigenvalue weighted by Crippen LogP contribution is 2.24. The molecule has 0 amide bonds. The summed E-state index contributed by atoms with van der Waals surface area (Å²) in [5.41, 5.74) is 1.69. The second-order valence-corrected chi connectivity index (χ2v) is 5.19. The van der Waals surface area contributed by atoms with E-state index < -0.39 is 0 Å². The van der Waals surface area contributed by atoms with Crippen molar-refractivity contribution in [1.29, 1.82) is 0 Å². The summed E-state index contributed by atoms with van der Waals surface area (Å²) in [6.45, 7) is 4.43. The molecule has 0 radical (unpaired) electrons. The van der Waals surface area contributed by atoms with E-state index in [2.05, 4.69) is 9.97 Å². The third kappa shape index (κ3) is 2.24. The fraction of sp³-hybridized carbons (Fsp3) is 0.286. The minimum absolute atomic E-state index is 0.176. The summed E-state index contributed by atoms with van der Waals surface area (Å²) in [5.74, 6) is 2.58. The van der Waals surface area contributed by atoms with Crippen molar-refractivity contribution in [3.05, 3.63) is 47.8 Å². The van der Waals surface area contributed by atoms with Crippen LogP contribution < -0.4 is 0 Å². The third-order valence-electron chi connectivity index (χ3n) is 3.00. The molecule has 4 nitrogen and oxygen atoms in total. The monoisotopic (exact) mass is 275 g/mol. The second-order valence-electron chi connectivity index (χ2n) is 4.53. The summed E-state index contributed by atoms with van der Waals surface area (Å²) in [6, 6.07) is 7.73. The number of aryl methyl sites for hydroxylation is 1. The maximum atomic E-state index is 6.21. The molecule has 0 saturated carbocycles. The van der Waals surface area contributed by atoms with Crippen LogP contribution in [0.5, 0.6) is 0 Å². The van der Waals surface area contributed by atoms with Crippen molar-refractivity contribution in [1.82, 2.24) is 14.5 Å². The molecular weight excluding hydrogens is 262 g/mol. The quantitative estimate of drug-likeness (QED) is 0.685. The van der Waals surface area contributed by atoms with Crippen LogP contribution in [0, 0.1) is 6.92 Å². The van der Waals surface area contributed by atoms with Gasteiger partial charge >= 0.3 is 0 Å². The minimum atomic E-state index is -0.176. The van der Waals surface area contributed by atoms with Gasteiger partial charge in [0.2, 0.25) is 0 Å². The van der Waals surface area contributed by atoms with E-state index in [9.17, 15) is 0 Å². The molecule has 0 aliphatic carbocycles. The Morgan fingerprint density at radius 1 is 1.37 bits per heavy atom. The Labute approximate surface area is 116 Å². The Hall–Kier alpha value is -1.81. The topological polar surface area (TPSA) is 43.9 Å². The van der Waals surface area contributed by atoms with E-state index in [0.29, 0.717) is 6.54 Å². The lowest BCUT2D eigenvalue weighted by Gasteiger charge is -2.08. The van der Waals surface area contributed by atoms with Gasteiger partial charge in [-0.3, -0.25) is 0 Å². The van der Waals surface area contributed by atoms with Gasteiger partial charge in [0, 0.05) is 6.20 Å². The first-order chi connectivity index (χ1) is 9.15. The van der Waals surface area contributed by atoms with E-state index in [1.807, 2.05) is 42.7 Å². The molecule has 0 N–H and O–H groups in total. The van der Waals surface area contributed by atoms with Gasteiger partial charge in [-0.25, -0.2) is 9.97 Å². The summed E-state index contributed by atoms with van der Waals surface area (Å²) in [4.78, 5) is 8.93. The van der Waals surface area contributed by atoms with Crippen LogP contribution in [0.2, 0.25) is 0 Å². The zero-order valence-corrected chi connectivity index (χ0v) is 11.6. The molecule has 3 heterocycles. The number of hydrogen-bond donors (Lipinski definition) is 0. The van der Waals surface area contributed by atoms with Gasteiger partial charge in [-0.2, -0.15) is 0 Å². The average Bonchev–Trinajstić information content (AvgIpc) is 2.95. The fourth-order valence-electron chi connectivity index (χ4n) is 2.16. The molecule has 0 aliphatic heterocycles. The van der Waals surface area contributed by atoms with Gasteiger partial charge in [0.05, 0.1) is 11.9 Å². The van der Waals surface area contributed by atoms with Crippen LogP contribution in [0.15, 0.2) is 34.9 Å². The zero-order valence-electron chi connectivity index (χ0n) is 10.8. The molecule has 19 heavy (non-hydrogen) atoms. The van der Waals surface area contributed by atoms with E-state index in [1.165, 1.54) is 0 Å². The summed E-state index contributed by atoms with van der Waals surface area (Å²) in [7, 11) is 0. The van der Waals surface area contributed by atoms with Crippen LogP contribution in [0.1, 0.15) is 29.6 Å². The Bertz CT molecular complexity index is 714. The van der Waals surface area contributed by atoms with Gasteiger partial charge in [-0.1, -0.05) is 0 Å². The van der Waals surface area contributed by atoms with Gasteiger partial charge in [0.15, 0.2) is 5.65 Å². The first-order valence-corrected chi connectivity index (χ1v) is 6.59. The molecule has 3 rings (SSSR count). The number of hydrogen-bond acceptors (Lipinski definition) is 3. The molecule has 3 aromatic rings. The van der Waals surface area contributed by atoms with Crippen molar-refractivity contribution in [2.75, 3.05) is 0 Å². The number of imidazole rings is 1. The van der Waals surface area contributed by atoms with E-state index in [4.69, 9.17) is 16.0 Å². The number of pyridine rings is 1. The minimum Gasteiger partial charge on any atom is -0.464 e. The molecule has 5 heteroatoms. The summed E-state index contributed by atoms with van der Waals surface area (Å²) < 4.78 is 7.63. The van der Waals surface area contributed by atoms with Crippen LogP contribution in [-0.4, -0.2) is 14.5 Å². The molecule has 0 aliphatic rings. The third-order valence-corrected chi connectivity index (χ3v) is 3.19.